The molecule has 1 fully saturated rings. The summed E-state index contributed by atoms with van der Waals surface area (Å²) in [5.41, 5.74) is 3.25. The number of hydrogen-bond donors (Lipinski definition) is 0. The van der Waals surface area contributed by atoms with Crippen molar-refractivity contribution < 1.29 is 0 Å². The van der Waals surface area contributed by atoms with Gasteiger partial charge in [0.15, 0.2) is 0 Å². The molecule has 0 bridgehead atoms. The predicted molar refractivity (Wildman–Crippen MR) is 114 cm³/mol. The lowest BCUT2D eigenvalue weighted by Crippen LogP contribution is -2.46. The largest absolute Gasteiger partial charge is 0.368 e. The quantitative estimate of drug-likeness (QED) is 0.684. The van der Waals surface area contributed by atoms with Crippen molar-refractivity contribution in [3.05, 3.63) is 71.4 Å². The van der Waals surface area contributed by atoms with Crippen LogP contribution in [0, 0.1) is 0 Å². The van der Waals surface area contributed by atoms with Gasteiger partial charge in [-0.15, -0.1) is 0 Å². The number of para-hydroxylation sites is 1. The van der Waals surface area contributed by atoms with Crippen molar-refractivity contribution in [3.63, 3.8) is 0 Å². The first-order chi connectivity index (χ1) is 13.7. The Morgan fingerprint density at radius 1 is 0.857 bits per heavy atom. The zero-order chi connectivity index (χ0) is 19.5. The highest BCUT2D eigenvalue weighted by Crippen LogP contribution is 2.21. The minimum Gasteiger partial charge on any atom is -0.368 e. The van der Waals surface area contributed by atoms with Crippen LogP contribution >= 0.6 is 0 Å². The normalized spacial score (nSPS) is 15.6. The van der Waals surface area contributed by atoms with Gasteiger partial charge in [-0.05, 0) is 49.7 Å². The summed E-state index contributed by atoms with van der Waals surface area (Å²) in [5.74, 6) is 0. The Bertz CT molecular complexity index is 953. The summed E-state index contributed by atoms with van der Waals surface area (Å²) in [7, 11) is 0. The summed E-state index contributed by atoms with van der Waals surface area (Å²) in [6, 6.07) is 18.9. The Kier molecular flexibility index (Phi) is 5.19. The number of rotatable bonds is 5. The summed E-state index contributed by atoms with van der Waals surface area (Å²) >= 11 is 0. The van der Waals surface area contributed by atoms with Crippen LogP contribution in [0.4, 0.5) is 11.4 Å². The molecule has 6 heteroatoms. The maximum Gasteiger partial charge on any atom is 0.350 e. The summed E-state index contributed by atoms with van der Waals surface area (Å²) in [6.45, 7) is 8.06. The van der Waals surface area contributed by atoms with Crippen molar-refractivity contribution in [3.8, 4) is 5.69 Å². The summed E-state index contributed by atoms with van der Waals surface area (Å²) in [6.07, 6.45) is 2.49. The third kappa shape index (κ3) is 3.54. The Morgan fingerprint density at radius 3 is 1.96 bits per heavy atom. The first-order valence-electron chi connectivity index (χ1n) is 9.99. The van der Waals surface area contributed by atoms with Gasteiger partial charge in [-0.1, -0.05) is 25.1 Å². The number of hydrogen-bond acceptors (Lipinski definition) is 4. The van der Waals surface area contributed by atoms with Crippen molar-refractivity contribution in [2.75, 3.05) is 36.0 Å². The molecule has 4 rings (SSSR count). The van der Waals surface area contributed by atoms with E-state index in [1.165, 1.54) is 11.4 Å². The molecule has 1 saturated heterocycles. The van der Waals surface area contributed by atoms with Gasteiger partial charge in [0.05, 0.1) is 11.7 Å². The zero-order valence-electron chi connectivity index (χ0n) is 16.5. The van der Waals surface area contributed by atoms with E-state index in [4.69, 9.17) is 0 Å². The van der Waals surface area contributed by atoms with E-state index in [1.54, 1.807) is 15.6 Å². The highest BCUT2D eigenvalue weighted by molar-refractivity contribution is 5.54. The first-order valence-corrected chi connectivity index (χ1v) is 9.99. The van der Waals surface area contributed by atoms with E-state index in [1.807, 2.05) is 19.1 Å². The van der Waals surface area contributed by atoms with Gasteiger partial charge in [-0.3, -0.25) is 0 Å². The second-order valence-corrected chi connectivity index (χ2v) is 7.31. The topological polar surface area (TPSA) is 46.3 Å². The van der Waals surface area contributed by atoms with Gasteiger partial charge in [0.2, 0.25) is 0 Å². The minimum absolute atomic E-state index is 0.0847. The number of aromatic nitrogens is 3. The molecule has 0 N–H and O–H groups in total. The number of nitrogens with zero attached hydrogens (tertiary/aromatic N) is 5. The smallest absolute Gasteiger partial charge is 0.350 e. The molecular formula is C22H27N5O. The Labute approximate surface area is 165 Å². The monoisotopic (exact) mass is 377 g/mol. The molecule has 0 spiro atoms. The lowest BCUT2D eigenvalue weighted by atomic mass is 10.2. The number of piperazine rings is 1. The number of anilines is 2. The second kappa shape index (κ2) is 7.92. The Balaban J connectivity index is 1.45. The lowest BCUT2D eigenvalue weighted by molar-refractivity contribution is 0.460. The van der Waals surface area contributed by atoms with Crippen molar-refractivity contribution in [1.29, 1.82) is 0 Å². The maximum absolute atomic E-state index is 12.6. The van der Waals surface area contributed by atoms with Crippen LogP contribution in [0.1, 0.15) is 26.3 Å². The molecule has 3 aromatic rings. The van der Waals surface area contributed by atoms with E-state index >= 15 is 0 Å². The van der Waals surface area contributed by atoms with E-state index in [0.29, 0.717) is 0 Å². The van der Waals surface area contributed by atoms with Crippen LogP contribution in [-0.2, 0) is 0 Å². The molecular weight excluding hydrogens is 350 g/mol. The Hall–Kier alpha value is -3.02. The van der Waals surface area contributed by atoms with Crippen LogP contribution in [-0.4, -0.2) is 40.5 Å². The highest BCUT2D eigenvalue weighted by Gasteiger charge is 2.18. The van der Waals surface area contributed by atoms with Crippen LogP contribution < -0.4 is 15.5 Å². The van der Waals surface area contributed by atoms with Gasteiger partial charge in [0.1, 0.15) is 6.33 Å². The molecule has 1 aliphatic rings. The van der Waals surface area contributed by atoms with E-state index < -0.39 is 0 Å². The van der Waals surface area contributed by atoms with Crippen molar-refractivity contribution in [1.82, 2.24) is 14.3 Å². The average molecular weight is 377 g/mol. The predicted octanol–water partition coefficient (Wildman–Crippen LogP) is 3.33. The molecule has 0 radical (unpaired) electrons. The van der Waals surface area contributed by atoms with Crippen molar-refractivity contribution >= 4 is 11.4 Å². The molecule has 0 aliphatic carbocycles. The van der Waals surface area contributed by atoms with Crippen LogP contribution in [0.3, 0.4) is 0 Å². The molecule has 2 heterocycles. The SMILES string of the molecule is CCC(C)n1ncn(-c2ccc(N3CCN(c4ccccc4)CC3)cc2)c1=O. The maximum atomic E-state index is 12.6. The molecule has 1 atom stereocenters. The van der Waals surface area contributed by atoms with Crippen LogP contribution in [0.2, 0.25) is 0 Å². The van der Waals surface area contributed by atoms with Crippen LogP contribution in [0.25, 0.3) is 5.69 Å². The molecule has 146 valence electrons. The third-order valence-electron chi connectivity index (χ3n) is 5.60. The van der Waals surface area contributed by atoms with E-state index in [0.717, 1.165) is 38.3 Å². The van der Waals surface area contributed by atoms with Gasteiger partial charge >= 0.3 is 5.69 Å². The minimum atomic E-state index is -0.0847. The third-order valence-corrected chi connectivity index (χ3v) is 5.60. The molecule has 1 aliphatic heterocycles. The zero-order valence-corrected chi connectivity index (χ0v) is 16.5. The molecule has 1 unspecified atom stereocenters. The summed E-state index contributed by atoms with van der Waals surface area (Å²) < 4.78 is 3.17. The van der Waals surface area contributed by atoms with Crippen molar-refractivity contribution in [2.45, 2.75) is 26.3 Å². The summed E-state index contributed by atoms with van der Waals surface area (Å²) in [5, 5.41) is 4.26. The van der Waals surface area contributed by atoms with Gasteiger partial charge in [-0.25, -0.2) is 14.0 Å². The lowest BCUT2D eigenvalue weighted by Gasteiger charge is -2.37. The van der Waals surface area contributed by atoms with Crippen LogP contribution in [0.15, 0.2) is 65.7 Å². The average Bonchev–Trinajstić information content (AvgIpc) is 3.15. The fraction of sp³-hybridized carbons (Fsp3) is 0.364. The van der Waals surface area contributed by atoms with Crippen molar-refractivity contribution in [2.24, 2.45) is 0 Å². The second-order valence-electron chi connectivity index (χ2n) is 7.31. The molecule has 0 amide bonds. The molecule has 2 aromatic carbocycles. The highest BCUT2D eigenvalue weighted by atomic mass is 16.2. The molecule has 6 nitrogen and oxygen atoms in total. The molecule has 28 heavy (non-hydrogen) atoms. The first kappa shape index (κ1) is 18.3. The van der Waals surface area contributed by atoms with Gasteiger partial charge in [0.25, 0.3) is 0 Å². The van der Waals surface area contributed by atoms with Gasteiger partial charge in [0, 0.05) is 37.6 Å². The fourth-order valence-corrected chi connectivity index (χ4v) is 3.65. The summed E-state index contributed by atoms with van der Waals surface area (Å²) in [4.78, 5) is 17.4. The fourth-order valence-electron chi connectivity index (χ4n) is 3.65. The molecule has 1 aromatic heterocycles. The standard InChI is InChI=1S/C22H27N5O/c1-3-18(2)27-22(28)26(17-23-27)21-11-9-20(10-12-21)25-15-13-24(14-16-25)19-7-5-4-6-8-19/h4-12,17-18H,3,13-16H2,1-2H3. The van der Waals surface area contributed by atoms with Gasteiger partial charge < -0.3 is 9.80 Å². The van der Waals surface area contributed by atoms with Gasteiger partial charge in [-0.2, -0.15) is 5.10 Å². The van der Waals surface area contributed by atoms with E-state index in [9.17, 15) is 4.79 Å². The number of benzene rings is 2. The van der Waals surface area contributed by atoms with Crippen LogP contribution in [0.5, 0.6) is 0 Å². The van der Waals surface area contributed by atoms with E-state index in [-0.39, 0.29) is 11.7 Å². The van der Waals surface area contributed by atoms with E-state index in [2.05, 4.69) is 64.3 Å². The Morgan fingerprint density at radius 2 is 1.39 bits per heavy atom. The molecule has 0 saturated carbocycles.